The number of pyridine rings is 1. The molecule has 0 spiro atoms. The minimum absolute atomic E-state index is 0.0224. The van der Waals surface area contributed by atoms with Gasteiger partial charge in [0.1, 0.15) is 5.54 Å². The van der Waals surface area contributed by atoms with Crippen LogP contribution in [0, 0.1) is 0 Å². The third-order valence-electron chi connectivity index (χ3n) is 7.47. The quantitative estimate of drug-likeness (QED) is 0.214. The minimum atomic E-state index is -5.44. The van der Waals surface area contributed by atoms with Crippen LogP contribution in [0.1, 0.15) is 51.5 Å². The zero-order valence-electron chi connectivity index (χ0n) is 23.5. The Labute approximate surface area is 243 Å². The number of anilines is 2. The van der Waals surface area contributed by atoms with Gasteiger partial charge in [0, 0.05) is 31.5 Å². The molecule has 1 aromatic heterocycles. The van der Waals surface area contributed by atoms with Crippen LogP contribution in [0.5, 0.6) is 5.75 Å². The van der Waals surface area contributed by atoms with Crippen molar-refractivity contribution in [2.45, 2.75) is 76.6 Å². The van der Waals surface area contributed by atoms with Gasteiger partial charge in [-0.1, -0.05) is 12.8 Å². The third-order valence-corrected chi connectivity index (χ3v) is 7.47. The van der Waals surface area contributed by atoms with Gasteiger partial charge < -0.3 is 19.9 Å². The summed E-state index contributed by atoms with van der Waals surface area (Å²) in [4.78, 5) is 45.4. The summed E-state index contributed by atoms with van der Waals surface area (Å²) in [5, 5.41) is 3.18. The zero-order valence-corrected chi connectivity index (χ0v) is 23.5. The predicted molar refractivity (Wildman–Crippen MR) is 143 cm³/mol. The Morgan fingerprint density at radius 1 is 1.07 bits per heavy atom. The largest absolute Gasteiger partial charge is 0.573 e. The summed E-state index contributed by atoms with van der Waals surface area (Å²) in [5.74, 6) is -4.28. The summed E-state index contributed by atoms with van der Waals surface area (Å²) in [6.07, 6.45) is -4.00. The maximum atomic E-state index is 13.7. The van der Waals surface area contributed by atoms with Crippen LogP contribution in [-0.4, -0.2) is 64.9 Å². The highest BCUT2D eigenvalue weighted by molar-refractivity contribution is 6.23. The smallest absolute Gasteiger partial charge is 0.404 e. The van der Waals surface area contributed by atoms with E-state index in [4.69, 9.17) is 0 Å². The highest BCUT2D eigenvalue weighted by atomic mass is 19.4. The summed E-state index contributed by atoms with van der Waals surface area (Å²) >= 11 is 0. The highest BCUT2D eigenvalue weighted by Gasteiger charge is 2.52. The van der Waals surface area contributed by atoms with E-state index in [-0.39, 0.29) is 36.1 Å². The van der Waals surface area contributed by atoms with Crippen molar-refractivity contribution in [2.24, 2.45) is 0 Å². The number of carbonyl (C=O) groups excluding carboxylic acids is 3. The molecule has 234 valence electrons. The first-order valence-corrected chi connectivity index (χ1v) is 13.7. The summed E-state index contributed by atoms with van der Waals surface area (Å²) in [6, 6.07) is 4.97. The van der Waals surface area contributed by atoms with Crippen LogP contribution in [0.2, 0.25) is 0 Å². The first-order valence-electron chi connectivity index (χ1n) is 13.7. The molecule has 1 aliphatic carbocycles. The lowest BCUT2D eigenvalue weighted by atomic mass is 10.0. The predicted octanol–water partition coefficient (Wildman–Crippen LogP) is 5.55. The number of amides is 4. The Morgan fingerprint density at radius 3 is 2.33 bits per heavy atom. The number of halogens is 6. The highest BCUT2D eigenvalue weighted by Crippen LogP contribution is 2.41. The van der Waals surface area contributed by atoms with Crippen LogP contribution >= 0.6 is 0 Å². The van der Waals surface area contributed by atoms with Gasteiger partial charge in [-0.3, -0.25) is 14.6 Å². The second-order valence-corrected chi connectivity index (χ2v) is 10.9. The molecule has 1 aromatic carbocycles. The number of nitrogens with zero attached hydrogens (tertiary/aromatic N) is 4. The molecule has 1 aliphatic heterocycles. The van der Waals surface area contributed by atoms with Crippen LogP contribution < -0.4 is 19.9 Å². The molecule has 4 rings (SSSR count). The summed E-state index contributed by atoms with van der Waals surface area (Å²) < 4.78 is 85.0. The first-order chi connectivity index (χ1) is 20.1. The molecule has 0 bridgehead atoms. The van der Waals surface area contributed by atoms with E-state index in [0.29, 0.717) is 16.5 Å². The standard InChI is InChI=1S/C28H31F6N5O4/c1-26(2)23(40)39(25(42)38(26)17-18-10-13-35-14-11-18)20-8-9-22(43-28(32,33)34)21(16-20)37(24(41)27(29,30)31)15-5-12-36-19-6-3-4-7-19/h8-11,13-14,16,19,36H,3-7,12,15,17H2,1-2H3. The molecule has 0 unspecified atom stereocenters. The lowest BCUT2D eigenvalue weighted by Gasteiger charge is -2.28. The number of urea groups is 1. The van der Waals surface area contributed by atoms with Gasteiger partial charge in [-0.05, 0) is 75.5 Å². The van der Waals surface area contributed by atoms with Crippen molar-refractivity contribution < 1.29 is 45.5 Å². The lowest BCUT2D eigenvalue weighted by Crippen LogP contribution is -2.43. The number of rotatable bonds is 10. The summed E-state index contributed by atoms with van der Waals surface area (Å²) in [6.45, 7) is 2.51. The van der Waals surface area contributed by atoms with Gasteiger partial charge in [-0.15, -0.1) is 13.2 Å². The van der Waals surface area contributed by atoms with E-state index >= 15 is 0 Å². The fraction of sp³-hybridized carbons (Fsp3) is 0.500. The van der Waals surface area contributed by atoms with E-state index in [1.54, 1.807) is 12.1 Å². The van der Waals surface area contributed by atoms with E-state index in [0.717, 1.165) is 37.8 Å². The van der Waals surface area contributed by atoms with E-state index in [1.165, 1.54) is 31.1 Å². The molecule has 0 radical (unpaired) electrons. The van der Waals surface area contributed by atoms with Crippen molar-refractivity contribution in [1.82, 2.24) is 15.2 Å². The number of nitrogens with one attached hydrogen (secondary N) is 1. The summed E-state index contributed by atoms with van der Waals surface area (Å²) in [5.41, 5.74) is -2.00. The number of imide groups is 1. The van der Waals surface area contributed by atoms with E-state index in [2.05, 4.69) is 15.0 Å². The van der Waals surface area contributed by atoms with Crippen molar-refractivity contribution in [3.8, 4) is 5.75 Å². The Hall–Kier alpha value is -3.88. The monoisotopic (exact) mass is 615 g/mol. The third kappa shape index (κ3) is 7.37. The fourth-order valence-corrected chi connectivity index (χ4v) is 5.22. The molecule has 2 aliphatic rings. The van der Waals surface area contributed by atoms with Crippen LogP contribution in [0.3, 0.4) is 0 Å². The van der Waals surface area contributed by atoms with E-state index in [1.807, 2.05) is 0 Å². The molecule has 0 atom stereocenters. The Morgan fingerprint density at radius 2 is 1.72 bits per heavy atom. The molecule has 2 aromatic rings. The molecule has 1 saturated heterocycles. The molecular weight excluding hydrogens is 584 g/mol. The normalized spacial score (nSPS) is 17.6. The maximum Gasteiger partial charge on any atom is 0.573 e. The molecule has 15 heteroatoms. The number of benzene rings is 1. The van der Waals surface area contributed by atoms with E-state index in [9.17, 15) is 40.7 Å². The molecule has 43 heavy (non-hydrogen) atoms. The first kappa shape index (κ1) is 32.0. The van der Waals surface area contributed by atoms with Crippen LogP contribution in [-0.2, 0) is 16.1 Å². The van der Waals surface area contributed by atoms with Gasteiger partial charge in [-0.2, -0.15) is 13.2 Å². The average Bonchev–Trinajstić information content (AvgIpc) is 3.50. The number of hydrogen-bond acceptors (Lipinski definition) is 6. The maximum absolute atomic E-state index is 13.7. The SMILES string of the molecule is CC1(C)C(=O)N(c2ccc(OC(F)(F)F)c(N(CCCNC3CCCC3)C(=O)C(F)(F)F)c2)C(=O)N1Cc1ccncc1. The van der Waals surface area contributed by atoms with Crippen molar-refractivity contribution >= 4 is 29.2 Å². The van der Waals surface area contributed by atoms with Gasteiger partial charge in [0.05, 0.1) is 11.4 Å². The van der Waals surface area contributed by atoms with Crippen LogP contribution in [0.25, 0.3) is 0 Å². The average molecular weight is 616 g/mol. The minimum Gasteiger partial charge on any atom is -0.404 e. The molecule has 9 nitrogen and oxygen atoms in total. The topological polar surface area (TPSA) is 95.1 Å². The van der Waals surface area contributed by atoms with Crippen LogP contribution in [0.4, 0.5) is 42.5 Å². The lowest BCUT2D eigenvalue weighted by molar-refractivity contribution is -0.274. The molecule has 4 amide bonds. The second-order valence-electron chi connectivity index (χ2n) is 10.9. The van der Waals surface area contributed by atoms with Crippen molar-refractivity contribution in [3.63, 3.8) is 0 Å². The van der Waals surface area contributed by atoms with Crippen molar-refractivity contribution in [1.29, 1.82) is 0 Å². The van der Waals surface area contributed by atoms with Crippen LogP contribution in [0.15, 0.2) is 42.7 Å². The number of carbonyl (C=O) groups is 3. The molecule has 2 heterocycles. The Kier molecular flexibility index (Phi) is 9.23. The fourth-order valence-electron chi connectivity index (χ4n) is 5.22. The van der Waals surface area contributed by atoms with Gasteiger partial charge in [0.25, 0.3) is 5.91 Å². The molecule has 1 saturated carbocycles. The van der Waals surface area contributed by atoms with Crippen molar-refractivity contribution in [3.05, 3.63) is 48.3 Å². The van der Waals surface area contributed by atoms with Gasteiger partial charge in [0.15, 0.2) is 5.75 Å². The Balaban J connectivity index is 1.70. The number of aromatic nitrogens is 1. The van der Waals surface area contributed by atoms with Gasteiger partial charge in [0.2, 0.25) is 0 Å². The number of alkyl halides is 6. The molecule has 1 N–H and O–H groups in total. The Bertz CT molecular complexity index is 1330. The van der Waals surface area contributed by atoms with Gasteiger partial charge in [-0.25, -0.2) is 9.69 Å². The number of hydrogen-bond donors (Lipinski definition) is 1. The second kappa shape index (κ2) is 12.4. The van der Waals surface area contributed by atoms with E-state index < -0.39 is 53.9 Å². The number of ether oxygens (including phenoxy) is 1. The molecule has 2 fully saturated rings. The zero-order chi connectivity index (χ0) is 31.6. The summed E-state index contributed by atoms with van der Waals surface area (Å²) in [7, 11) is 0. The van der Waals surface area contributed by atoms with Crippen molar-refractivity contribution in [2.75, 3.05) is 22.9 Å². The molecular formula is C28H31F6N5O4. The van der Waals surface area contributed by atoms with Gasteiger partial charge >= 0.3 is 24.5 Å².